The maximum atomic E-state index is 4.54. The van der Waals surface area contributed by atoms with Crippen LogP contribution in [0.5, 0.6) is 0 Å². The number of hydrogen-bond acceptors (Lipinski definition) is 4. The Morgan fingerprint density at radius 1 is 1.40 bits per heavy atom. The third-order valence-electron chi connectivity index (χ3n) is 4.82. The summed E-state index contributed by atoms with van der Waals surface area (Å²) in [5.41, 5.74) is 3.16. The van der Waals surface area contributed by atoms with E-state index in [0.717, 1.165) is 17.1 Å². The van der Waals surface area contributed by atoms with E-state index >= 15 is 0 Å². The Hall–Kier alpha value is -0.970. The zero-order chi connectivity index (χ0) is 13.6. The lowest BCUT2D eigenvalue weighted by atomic mass is 9.86. The molecule has 3 nitrogen and oxygen atoms in total. The number of likely N-dealkylation sites (tertiary alicyclic amines) is 1. The molecular weight excluding hydrogens is 266 g/mol. The summed E-state index contributed by atoms with van der Waals surface area (Å²) in [5.74, 6) is 0. The maximum absolute atomic E-state index is 4.54. The first-order valence-electron chi connectivity index (χ1n) is 7.52. The van der Waals surface area contributed by atoms with E-state index in [-0.39, 0.29) is 0 Å². The molecule has 2 aliphatic rings. The minimum atomic E-state index is 0.575. The van der Waals surface area contributed by atoms with Crippen molar-refractivity contribution < 1.29 is 0 Å². The van der Waals surface area contributed by atoms with Crippen LogP contribution >= 0.6 is 11.3 Å². The van der Waals surface area contributed by atoms with E-state index in [2.05, 4.69) is 40.3 Å². The molecule has 1 atom stereocenters. The molecule has 1 aromatic carbocycles. The van der Waals surface area contributed by atoms with Gasteiger partial charge in [-0.3, -0.25) is 4.90 Å². The molecule has 2 aliphatic heterocycles. The molecule has 4 heteroatoms. The van der Waals surface area contributed by atoms with Gasteiger partial charge in [0.15, 0.2) is 0 Å². The molecule has 0 radical (unpaired) electrons. The van der Waals surface area contributed by atoms with Crippen molar-refractivity contribution in [2.45, 2.75) is 26.3 Å². The topological polar surface area (TPSA) is 28.2 Å². The van der Waals surface area contributed by atoms with E-state index in [9.17, 15) is 0 Å². The Kier molecular flexibility index (Phi) is 3.05. The molecule has 2 aromatic rings. The SMILES string of the molecule is Cc1nc2ccc(CN3CCC4(CCNC4)C3)cc2s1. The normalized spacial score (nSPS) is 27.1. The predicted molar refractivity (Wildman–Crippen MR) is 84.2 cm³/mol. The van der Waals surface area contributed by atoms with Gasteiger partial charge in [0.2, 0.25) is 0 Å². The Labute approximate surface area is 124 Å². The molecule has 1 N–H and O–H groups in total. The molecule has 0 bridgehead atoms. The van der Waals surface area contributed by atoms with Gasteiger partial charge in [-0.2, -0.15) is 0 Å². The number of fused-ring (bicyclic) bond motifs is 1. The van der Waals surface area contributed by atoms with Crippen LogP contribution in [0.25, 0.3) is 10.2 Å². The fraction of sp³-hybridized carbons (Fsp3) is 0.562. The number of thiazole rings is 1. The lowest BCUT2D eigenvalue weighted by molar-refractivity contribution is 0.269. The zero-order valence-electron chi connectivity index (χ0n) is 12.0. The van der Waals surface area contributed by atoms with Gasteiger partial charge >= 0.3 is 0 Å². The van der Waals surface area contributed by atoms with E-state index in [0.29, 0.717) is 5.41 Å². The Morgan fingerprint density at radius 3 is 3.20 bits per heavy atom. The van der Waals surface area contributed by atoms with Gasteiger partial charge in [0.1, 0.15) is 0 Å². The van der Waals surface area contributed by atoms with Gasteiger partial charge in [-0.15, -0.1) is 11.3 Å². The molecule has 1 unspecified atom stereocenters. The van der Waals surface area contributed by atoms with Crippen LogP contribution in [0.15, 0.2) is 18.2 Å². The van der Waals surface area contributed by atoms with Gasteiger partial charge < -0.3 is 5.32 Å². The molecule has 3 heterocycles. The first-order chi connectivity index (χ1) is 9.72. The first kappa shape index (κ1) is 12.7. The van der Waals surface area contributed by atoms with Gasteiger partial charge in [0, 0.05) is 19.6 Å². The standard InChI is InChI=1S/C16H21N3S/c1-12-18-14-3-2-13(8-15(14)20-12)9-19-7-5-16(11-19)4-6-17-10-16/h2-3,8,17H,4-7,9-11H2,1H3. The first-order valence-corrected chi connectivity index (χ1v) is 8.33. The van der Waals surface area contributed by atoms with Crippen molar-refractivity contribution in [1.82, 2.24) is 15.2 Å². The molecular formula is C16H21N3S. The lowest BCUT2D eigenvalue weighted by Gasteiger charge is -2.22. The summed E-state index contributed by atoms with van der Waals surface area (Å²) in [7, 11) is 0. The molecule has 20 heavy (non-hydrogen) atoms. The number of benzene rings is 1. The molecule has 1 aromatic heterocycles. The van der Waals surface area contributed by atoms with Gasteiger partial charge in [-0.1, -0.05) is 6.07 Å². The minimum absolute atomic E-state index is 0.575. The predicted octanol–water partition coefficient (Wildman–Crippen LogP) is 2.79. The summed E-state index contributed by atoms with van der Waals surface area (Å²) < 4.78 is 1.33. The van der Waals surface area contributed by atoms with E-state index in [4.69, 9.17) is 0 Å². The highest BCUT2D eigenvalue weighted by Gasteiger charge is 2.39. The quantitative estimate of drug-likeness (QED) is 0.920. The van der Waals surface area contributed by atoms with E-state index in [1.54, 1.807) is 11.3 Å². The van der Waals surface area contributed by atoms with Gasteiger partial charge in [0.25, 0.3) is 0 Å². The fourth-order valence-electron chi connectivity index (χ4n) is 3.75. The molecule has 2 fully saturated rings. The fourth-order valence-corrected chi connectivity index (χ4v) is 4.64. The second-order valence-corrected chi connectivity index (χ2v) is 7.66. The van der Waals surface area contributed by atoms with Gasteiger partial charge in [-0.25, -0.2) is 4.98 Å². The highest BCUT2D eigenvalue weighted by atomic mass is 32.1. The number of rotatable bonds is 2. The third-order valence-corrected chi connectivity index (χ3v) is 5.75. The molecule has 2 saturated heterocycles. The molecule has 4 rings (SSSR count). The number of aromatic nitrogens is 1. The van der Waals surface area contributed by atoms with Gasteiger partial charge in [0.05, 0.1) is 15.2 Å². The second-order valence-electron chi connectivity index (χ2n) is 6.42. The lowest BCUT2D eigenvalue weighted by Crippen LogP contribution is -2.28. The minimum Gasteiger partial charge on any atom is -0.316 e. The smallest absolute Gasteiger partial charge is 0.0907 e. The number of nitrogens with one attached hydrogen (secondary N) is 1. The molecule has 0 amide bonds. The third kappa shape index (κ3) is 2.26. The maximum Gasteiger partial charge on any atom is 0.0907 e. The summed E-state index contributed by atoms with van der Waals surface area (Å²) in [5, 5.41) is 4.69. The Bertz CT molecular complexity index is 628. The van der Waals surface area contributed by atoms with E-state index < -0.39 is 0 Å². The van der Waals surface area contributed by atoms with Crippen molar-refractivity contribution >= 4 is 21.6 Å². The number of hydrogen-bond donors (Lipinski definition) is 1. The van der Waals surface area contributed by atoms with Gasteiger partial charge in [-0.05, 0) is 56.0 Å². The van der Waals surface area contributed by atoms with E-state index in [1.165, 1.54) is 49.3 Å². The average Bonchev–Trinajstić information content (AvgIpc) is 3.11. The van der Waals surface area contributed by atoms with Crippen LogP contribution in [-0.2, 0) is 6.54 Å². The van der Waals surface area contributed by atoms with Crippen molar-refractivity contribution in [3.8, 4) is 0 Å². The highest BCUT2D eigenvalue weighted by Crippen LogP contribution is 2.36. The molecule has 0 saturated carbocycles. The summed E-state index contributed by atoms with van der Waals surface area (Å²) in [6.07, 6.45) is 2.72. The molecule has 106 valence electrons. The Balaban J connectivity index is 1.50. The van der Waals surface area contributed by atoms with Crippen LogP contribution in [-0.4, -0.2) is 36.1 Å². The van der Waals surface area contributed by atoms with Crippen molar-refractivity contribution in [3.63, 3.8) is 0 Å². The van der Waals surface area contributed by atoms with Crippen molar-refractivity contribution in [2.75, 3.05) is 26.2 Å². The van der Waals surface area contributed by atoms with Crippen molar-refractivity contribution in [1.29, 1.82) is 0 Å². The van der Waals surface area contributed by atoms with Crippen LogP contribution in [0, 0.1) is 12.3 Å². The summed E-state index contributed by atoms with van der Waals surface area (Å²) in [6.45, 7) is 8.12. The monoisotopic (exact) mass is 287 g/mol. The highest BCUT2D eigenvalue weighted by molar-refractivity contribution is 7.18. The Morgan fingerprint density at radius 2 is 2.35 bits per heavy atom. The summed E-state index contributed by atoms with van der Waals surface area (Å²) >= 11 is 1.80. The summed E-state index contributed by atoms with van der Waals surface area (Å²) in [4.78, 5) is 7.17. The largest absolute Gasteiger partial charge is 0.316 e. The number of aryl methyl sites for hydroxylation is 1. The van der Waals surface area contributed by atoms with E-state index in [1.807, 2.05) is 0 Å². The zero-order valence-corrected chi connectivity index (χ0v) is 12.8. The van der Waals surface area contributed by atoms with Crippen LogP contribution in [0.3, 0.4) is 0 Å². The van der Waals surface area contributed by atoms with Crippen LogP contribution in [0.1, 0.15) is 23.4 Å². The number of nitrogens with zero attached hydrogens (tertiary/aromatic N) is 2. The summed E-state index contributed by atoms with van der Waals surface area (Å²) in [6, 6.07) is 6.76. The average molecular weight is 287 g/mol. The van der Waals surface area contributed by atoms with Crippen LogP contribution < -0.4 is 5.32 Å². The van der Waals surface area contributed by atoms with Crippen LogP contribution in [0.2, 0.25) is 0 Å². The molecule has 0 aliphatic carbocycles. The van der Waals surface area contributed by atoms with Crippen molar-refractivity contribution in [2.24, 2.45) is 5.41 Å². The van der Waals surface area contributed by atoms with Crippen LogP contribution in [0.4, 0.5) is 0 Å². The van der Waals surface area contributed by atoms with Crippen molar-refractivity contribution in [3.05, 3.63) is 28.8 Å². The second kappa shape index (κ2) is 4.79. The molecule has 1 spiro atoms.